The molecule has 18 heavy (non-hydrogen) atoms. The van der Waals surface area contributed by atoms with E-state index in [1.807, 2.05) is 13.8 Å². The molecule has 2 fully saturated rings. The van der Waals surface area contributed by atoms with Crippen LogP contribution in [0.2, 0.25) is 0 Å². The molecule has 0 aromatic heterocycles. The quantitative estimate of drug-likeness (QED) is 0.700. The Morgan fingerprint density at radius 2 is 2.22 bits per heavy atom. The van der Waals surface area contributed by atoms with Gasteiger partial charge in [0.05, 0.1) is 25.2 Å². The van der Waals surface area contributed by atoms with E-state index in [9.17, 15) is 9.59 Å². The fraction of sp³-hybridized carbons (Fsp3) is 0.846. The minimum absolute atomic E-state index is 0.120. The van der Waals surface area contributed by atoms with Crippen LogP contribution in [0.3, 0.4) is 0 Å². The van der Waals surface area contributed by atoms with E-state index in [4.69, 9.17) is 14.2 Å². The SMILES string of the molecule is CCOC(=O)[C@@H]1CC(=O)O[C@]12CCOC(C)(C)C2. The molecule has 0 saturated carbocycles. The van der Waals surface area contributed by atoms with Gasteiger partial charge >= 0.3 is 11.9 Å². The van der Waals surface area contributed by atoms with Crippen LogP contribution in [0, 0.1) is 5.92 Å². The summed E-state index contributed by atoms with van der Waals surface area (Å²) in [7, 11) is 0. The van der Waals surface area contributed by atoms with E-state index in [0.29, 0.717) is 26.1 Å². The fourth-order valence-electron chi connectivity index (χ4n) is 2.98. The van der Waals surface area contributed by atoms with Crippen LogP contribution in [-0.2, 0) is 23.8 Å². The number of esters is 2. The Bertz CT molecular complexity index is 362. The van der Waals surface area contributed by atoms with Crippen molar-refractivity contribution in [2.75, 3.05) is 13.2 Å². The maximum Gasteiger partial charge on any atom is 0.313 e. The molecule has 0 radical (unpaired) electrons. The molecular weight excluding hydrogens is 236 g/mol. The molecule has 5 heteroatoms. The Morgan fingerprint density at radius 3 is 2.83 bits per heavy atom. The molecule has 0 aromatic rings. The summed E-state index contributed by atoms with van der Waals surface area (Å²) in [6, 6.07) is 0. The van der Waals surface area contributed by atoms with Gasteiger partial charge in [-0.25, -0.2) is 0 Å². The van der Waals surface area contributed by atoms with E-state index in [1.165, 1.54) is 0 Å². The van der Waals surface area contributed by atoms with Gasteiger partial charge in [-0.1, -0.05) is 0 Å². The Morgan fingerprint density at radius 1 is 1.50 bits per heavy atom. The number of rotatable bonds is 2. The van der Waals surface area contributed by atoms with Crippen molar-refractivity contribution in [3.8, 4) is 0 Å². The van der Waals surface area contributed by atoms with E-state index in [0.717, 1.165) is 0 Å². The highest BCUT2D eigenvalue weighted by molar-refractivity contribution is 5.84. The topological polar surface area (TPSA) is 61.8 Å². The molecule has 2 atom stereocenters. The lowest BCUT2D eigenvalue weighted by molar-refractivity contribution is -0.185. The Balaban J connectivity index is 2.22. The molecule has 0 N–H and O–H groups in total. The molecule has 2 saturated heterocycles. The van der Waals surface area contributed by atoms with Crippen LogP contribution in [0.4, 0.5) is 0 Å². The molecule has 2 aliphatic rings. The third-order valence-corrected chi connectivity index (χ3v) is 3.64. The number of hydrogen-bond acceptors (Lipinski definition) is 5. The van der Waals surface area contributed by atoms with Crippen molar-refractivity contribution in [1.82, 2.24) is 0 Å². The number of carbonyl (C=O) groups excluding carboxylic acids is 2. The molecule has 0 unspecified atom stereocenters. The van der Waals surface area contributed by atoms with E-state index < -0.39 is 11.5 Å². The molecule has 0 aromatic carbocycles. The highest BCUT2D eigenvalue weighted by Crippen LogP contribution is 2.45. The molecule has 2 heterocycles. The van der Waals surface area contributed by atoms with Crippen LogP contribution in [0.25, 0.3) is 0 Å². The summed E-state index contributed by atoms with van der Waals surface area (Å²) in [5, 5.41) is 0. The smallest absolute Gasteiger partial charge is 0.313 e. The molecule has 5 nitrogen and oxygen atoms in total. The normalized spacial score (nSPS) is 34.4. The standard InChI is InChI=1S/C13H20O5/c1-4-16-11(15)9-7-10(14)18-13(9)5-6-17-12(2,3)8-13/h9H,4-8H2,1-3H3/t9-,13-/m0/s1. The molecule has 2 aliphatic heterocycles. The van der Waals surface area contributed by atoms with E-state index in [1.54, 1.807) is 6.92 Å². The maximum atomic E-state index is 12.0. The Kier molecular flexibility index (Phi) is 3.36. The second-order valence-electron chi connectivity index (χ2n) is 5.58. The van der Waals surface area contributed by atoms with Gasteiger partial charge in [0.1, 0.15) is 11.5 Å². The van der Waals surface area contributed by atoms with Gasteiger partial charge in [0.2, 0.25) is 0 Å². The third kappa shape index (κ3) is 2.36. The average Bonchev–Trinajstić information content (AvgIpc) is 2.53. The number of ether oxygens (including phenoxy) is 3. The van der Waals surface area contributed by atoms with Crippen LogP contribution in [0.5, 0.6) is 0 Å². The first-order chi connectivity index (χ1) is 8.38. The van der Waals surface area contributed by atoms with Crippen molar-refractivity contribution < 1.29 is 23.8 Å². The summed E-state index contributed by atoms with van der Waals surface area (Å²) in [6.07, 6.45) is 1.22. The van der Waals surface area contributed by atoms with Crippen molar-refractivity contribution in [2.45, 2.75) is 51.2 Å². The number of hydrogen-bond donors (Lipinski definition) is 0. The second kappa shape index (κ2) is 4.53. The first-order valence-electron chi connectivity index (χ1n) is 6.41. The predicted molar refractivity (Wildman–Crippen MR) is 62.8 cm³/mol. The Labute approximate surface area is 107 Å². The van der Waals surface area contributed by atoms with Crippen LogP contribution in [0.1, 0.15) is 40.0 Å². The van der Waals surface area contributed by atoms with Crippen molar-refractivity contribution in [2.24, 2.45) is 5.92 Å². The molecule has 0 aliphatic carbocycles. The van der Waals surface area contributed by atoms with Crippen molar-refractivity contribution in [1.29, 1.82) is 0 Å². The Hall–Kier alpha value is -1.10. The van der Waals surface area contributed by atoms with Crippen LogP contribution < -0.4 is 0 Å². The third-order valence-electron chi connectivity index (χ3n) is 3.64. The maximum absolute atomic E-state index is 12.0. The van der Waals surface area contributed by atoms with Gasteiger partial charge in [-0.2, -0.15) is 0 Å². The van der Waals surface area contributed by atoms with Gasteiger partial charge in [-0.3, -0.25) is 9.59 Å². The largest absolute Gasteiger partial charge is 0.466 e. The summed E-state index contributed by atoms with van der Waals surface area (Å²) < 4.78 is 16.2. The zero-order chi connectivity index (χ0) is 13.4. The molecule has 0 bridgehead atoms. The first kappa shape index (κ1) is 13.3. The zero-order valence-electron chi connectivity index (χ0n) is 11.2. The van der Waals surface area contributed by atoms with Crippen LogP contribution in [-0.4, -0.2) is 36.4 Å². The monoisotopic (exact) mass is 256 g/mol. The van der Waals surface area contributed by atoms with Gasteiger partial charge in [0.15, 0.2) is 0 Å². The predicted octanol–water partition coefficient (Wildman–Crippen LogP) is 1.44. The van der Waals surface area contributed by atoms with Gasteiger partial charge in [-0.05, 0) is 20.8 Å². The molecular formula is C13H20O5. The molecule has 2 rings (SSSR count). The minimum Gasteiger partial charge on any atom is -0.466 e. The van der Waals surface area contributed by atoms with E-state index in [-0.39, 0.29) is 24.0 Å². The summed E-state index contributed by atoms with van der Waals surface area (Å²) in [4.78, 5) is 23.6. The van der Waals surface area contributed by atoms with Gasteiger partial charge < -0.3 is 14.2 Å². The van der Waals surface area contributed by atoms with Gasteiger partial charge in [0, 0.05) is 12.8 Å². The van der Waals surface area contributed by atoms with Gasteiger partial charge in [-0.15, -0.1) is 0 Å². The summed E-state index contributed by atoms with van der Waals surface area (Å²) in [5.74, 6) is -1.14. The first-order valence-corrected chi connectivity index (χ1v) is 6.41. The molecule has 0 amide bonds. The molecule has 1 spiro atoms. The summed E-state index contributed by atoms with van der Waals surface area (Å²) >= 11 is 0. The highest BCUT2D eigenvalue weighted by Gasteiger charge is 2.57. The lowest BCUT2D eigenvalue weighted by Gasteiger charge is -2.43. The van der Waals surface area contributed by atoms with Crippen LogP contribution in [0.15, 0.2) is 0 Å². The van der Waals surface area contributed by atoms with Crippen LogP contribution >= 0.6 is 0 Å². The van der Waals surface area contributed by atoms with Gasteiger partial charge in [0.25, 0.3) is 0 Å². The number of carbonyl (C=O) groups is 2. The zero-order valence-corrected chi connectivity index (χ0v) is 11.2. The minimum atomic E-state index is -0.731. The lowest BCUT2D eigenvalue weighted by atomic mass is 9.75. The lowest BCUT2D eigenvalue weighted by Crippen LogP contribution is -2.51. The van der Waals surface area contributed by atoms with Crippen molar-refractivity contribution >= 4 is 11.9 Å². The fourth-order valence-corrected chi connectivity index (χ4v) is 2.98. The summed E-state index contributed by atoms with van der Waals surface area (Å²) in [5.41, 5.74) is -1.11. The molecule has 102 valence electrons. The second-order valence-corrected chi connectivity index (χ2v) is 5.58. The van der Waals surface area contributed by atoms with E-state index in [2.05, 4.69) is 0 Å². The van der Waals surface area contributed by atoms with Crippen molar-refractivity contribution in [3.05, 3.63) is 0 Å². The average molecular weight is 256 g/mol. The van der Waals surface area contributed by atoms with E-state index >= 15 is 0 Å². The summed E-state index contributed by atoms with van der Waals surface area (Å²) in [6.45, 7) is 6.47. The van der Waals surface area contributed by atoms with Crippen molar-refractivity contribution in [3.63, 3.8) is 0 Å². The highest BCUT2D eigenvalue weighted by atomic mass is 16.6.